The highest BCUT2D eigenvalue weighted by atomic mass is 16.5. The van der Waals surface area contributed by atoms with E-state index in [1.54, 1.807) is 18.3 Å². The molecule has 14 heavy (non-hydrogen) atoms. The van der Waals surface area contributed by atoms with Crippen LogP contribution >= 0.6 is 0 Å². The van der Waals surface area contributed by atoms with Crippen molar-refractivity contribution in [3.63, 3.8) is 0 Å². The molecule has 0 aliphatic carbocycles. The molecule has 74 valence electrons. The van der Waals surface area contributed by atoms with E-state index >= 15 is 0 Å². The zero-order chi connectivity index (χ0) is 9.80. The van der Waals surface area contributed by atoms with Crippen LogP contribution in [0.2, 0.25) is 0 Å². The number of hydrogen-bond acceptors (Lipinski definition) is 5. The van der Waals surface area contributed by atoms with Gasteiger partial charge < -0.3 is 9.47 Å². The molecule has 1 fully saturated rings. The van der Waals surface area contributed by atoms with Crippen molar-refractivity contribution >= 4 is 5.69 Å². The van der Waals surface area contributed by atoms with Crippen molar-refractivity contribution in [2.45, 2.75) is 12.5 Å². The third-order valence-corrected chi connectivity index (χ3v) is 2.02. The van der Waals surface area contributed by atoms with Crippen molar-refractivity contribution in [1.29, 1.82) is 0 Å². The van der Waals surface area contributed by atoms with Gasteiger partial charge in [-0.05, 0) is 17.3 Å². The maximum absolute atomic E-state index is 10.4. The van der Waals surface area contributed by atoms with Crippen LogP contribution in [0.15, 0.2) is 23.5 Å². The number of ether oxygens (including phenoxy) is 2. The number of aromatic nitrogens is 1. The van der Waals surface area contributed by atoms with Crippen molar-refractivity contribution in [1.82, 2.24) is 4.98 Å². The summed E-state index contributed by atoms with van der Waals surface area (Å²) >= 11 is 0. The number of rotatable bonds is 3. The first-order chi connectivity index (χ1) is 6.90. The molecule has 1 aromatic heterocycles. The summed E-state index contributed by atoms with van der Waals surface area (Å²) in [6.45, 7) is 1.25. The van der Waals surface area contributed by atoms with Crippen molar-refractivity contribution in [2.75, 3.05) is 13.2 Å². The van der Waals surface area contributed by atoms with Gasteiger partial charge in [-0.2, -0.15) is 0 Å². The summed E-state index contributed by atoms with van der Waals surface area (Å²) < 4.78 is 10.6. The maximum Gasteiger partial charge on any atom is 0.243 e. The second-order valence-corrected chi connectivity index (χ2v) is 3.02. The Kier molecular flexibility index (Phi) is 2.69. The van der Waals surface area contributed by atoms with Gasteiger partial charge >= 0.3 is 0 Å². The van der Waals surface area contributed by atoms with E-state index in [2.05, 4.69) is 10.2 Å². The number of pyridine rings is 1. The number of hydrogen-bond donors (Lipinski definition) is 0. The largest absolute Gasteiger partial charge is 0.470 e. The molecule has 2 rings (SSSR count). The van der Waals surface area contributed by atoms with E-state index in [0.717, 1.165) is 6.42 Å². The Morgan fingerprint density at radius 1 is 1.64 bits per heavy atom. The van der Waals surface area contributed by atoms with Crippen LogP contribution in [-0.2, 0) is 4.74 Å². The molecule has 1 aromatic rings. The van der Waals surface area contributed by atoms with Crippen LogP contribution < -0.4 is 4.74 Å². The summed E-state index contributed by atoms with van der Waals surface area (Å²) in [4.78, 5) is 14.3. The molecule has 1 aliphatic heterocycles. The average molecular weight is 194 g/mol. The fourth-order valence-corrected chi connectivity index (χ4v) is 1.31. The summed E-state index contributed by atoms with van der Waals surface area (Å²) in [6, 6.07) is 3.22. The van der Waals surface area contributed by atoms with Crippen molar-refractivity contribution < 1.29 is 9.47 Å². The predicted molar refractivity (Wildman–Crippen MR) is 49.5 cm³/mol. The normalized spacial score (nSPS) is 20.7. The second-order valence-electron chi connectivity index (χ2n) is 3.02. The Hall–Kier alpha value is -1.49. The van der Waals surface area contributed by atoms with Gasteiger partial charge in [-0.15, -0.1) is 4.91 Å². The molecule has 5 nitrogen and oxygen atoms in total. The molecule has 0 aromatic carbocycles. The molecule has 1 unspecified atom stereocenters. The van der Waals surface area contributed by atoms with Gasteiger partial charge in [-0.3, -0.25) is 0 Å². The van der Waals surface area contributed by atoms with Gasteiger partial charge in [0.05, 0.1) is 13.2 Å². The minimum Gasteiger partial charge on any atom is -0.470 e. The highest BCUT2D eigenvalue weighted by molar-refractivity contribution is 5.45. The van der Waals surface area contributed by atoms with E-state index in [4.69, 9.17) is 9.47 Å². The van der Waals surface area contributed by atoms with Gasteiger partial charge in [0.1, 0.15) is 6.10 Å². The zero-order valence-electron chi connectivity index (χ0n) is 7.55. The van der Waals surface area contributed by atoms with E-state index in [1.807, 2.05) is 0 Å². The maximum atomic E-state index is 10.4. The van der Waals surface area contributed by atoms with Crippen LogP contribution in [0.1, 0.15) is 6.42 Å². The molecule has 0 amide bonds. The van der Waals surface area contributed by atoms with Crippen LogP contribution in [0, 0.1) is 4.91 Å². The minimum absolute atomic E-state index is 0.00889. The Morgan fingerprint density at radius 2 is 2.57 bits per heavy atom. The van der Waals surface area contributed by atoms with Crippen LogP contribution in [0.4, 0.5) is 5.69 Å². The predicted octanol–water partition coefficient (Wildman–Crippen LogP) is 1.65. The molecule has 0 N–H and O–H groups in total. The zero-order valence-corrected chi connectivity index (χ0v) is 7.55. The van der Waals surface area contributed by atoms with E-state index in [9.17, 15) is 4.91 Å². The quantitative estimate of drug-likeness (QED) is 0.686. The van der Waals surface area contributed by atoms with E-state index in [0.29, 0.717) is 13.2 Å². The van der Waals surface area contributed by atoms with Crippen LogP contribution in [-0.4, -0.2) is 24.3 Å². The van der Waals surface area contributed by atoms with E-state index in [-0.39, 0.29) is 17.7 Å². The Morgan fingerprint density at radius 3 is 3.29 bits per heavy atom. The van der Waals surface area contributed by atoms with Gasteiger partial charge in [0.25, 0.3) is 0 Å². The third-order valence-electron chi connectivity index (χ3n) is 2.02. The summed E-state index contributed by atoms with van der Waals surface area (Å²) in [6.07, 6.45) is 2.39. The van der Waals surface area contributed by atoms with Crippen molar-refractivity contribution in [2.24, 2.45) is 5.18 Å². The molecule has 0 spiro atoms. The van der Waals surface area contributed by atoms with Gasteiger partial charge in [0.15, 0.2) is 5.69 Å². The van der Waals surface area contributed by atoms with Crippen molar-refractivity contribution in [3.8, 4) is 5.88 Å². The lowest BCUT2D eigenvalue weighted by Crippen LogP contribution is -2.16. The molecular formula is C9H10N2O3. The fourth-order valence-electron chi connectivity index (χ4n) is 1.31. The van der Waals surface area contributed by atoms with Gasteiger partial charge in [0, 0.05) is 12.6 Å². The monoisotopic (exact) mass is 194 g/mol. The molecule has 1 saturated heterocycles. The first kappa shape index (κ1) is 9.08. The molecule has 0 bridgehead atoms. The summed E-state index contributed by atoms with van der Waals surface area (Å²) in [5, 5.41) is 2.83. The second kappa shape index (κ2) is 4.15. The summed E-state index contributed by atoms with van der Waals surface area (Å²) in [7, 11) is 0. The standard InChI is InChI=1S/C9H10N2O3/c12-11-8-2-1-4-10-9(8)14-7-3-5-13-6-7/h1-2,4,7H,3,5-6H2. The van der Waals surface area contributed by atoms with Gasteiger partial charge in [-0.25, -0.2) is 4.98 Å². The molecule has 0 radical (unpaired) electrons. The van der Waals surface area contributed by atoms with Gasteiger partial charge in [0.2, 0.25) is 5.88 Å². The first-order valence-electron chi connectivity index (χ1n) is 4.43. The molecule has 1 aliphatic rings. The topological polar surface area (TPSA) is 60.8 Å². The molecule has 5 heteroatoms. The lowest BCUT2D eigenvalue weighted by Gasteiger charge is -2.10. The molecule has 0 saturated carbocycles. The summed E-state index contributed by atoms with van der Waals surface area (Å²) in [5.41, 5.74) is 0.236. The molecular weight excluding hydrogens is 184 g/mol. The Labute approximate surface area is 81.0 Å². The highest BCUT2D eigenvalue weighted by Gasteiger charge is 2.19. The lowest BCUT2D eigenvalue weighted by molar-refractivity contribution is 0.138. The van der Waals surface area contributed by atoms with E-state index in [1.165, 1.54) is 0 Å². The van der Waals surface area contributed by atoms with Crippen molar-refractivity contribution in [3.05, 3.63) is 23.2 Å². The highest BCUT2D eigenvalue weighted by Crippen LogP contribution is 2.25. The van der Waals surface area contributed by atoms with E-state index < -0.39 is 0 Å². The molecule has 2 heterocycles. The van der Waals surface area contributed by atoms with Gasteiger partial charge in [-0.1, -0.05) is 0 Å². The Balaban J connectivity index is 2.10. The minimum atomic E-state index is -0.00889. The molecule has 1 atom stereocenters. The Bertz CT molecular complexity index is 324. The smallest absolute Gasteiger partial charge is 0.243 e. The number of nitrogens with zero attached hydrogens (tertiary/aromatic N) is 2. The summed E-state index contributed by atoms with van der Waals surface area (Å²) in [5.74, 6) is 0.290. The van der Waals surface area contributed by atoms with Crippen LogP contribution in [0.5, 0.6) is 5.88 Å². The first-order valence-corrected chi connectivity index (χ1v) is 4.43. The third kappa shape index (κ3) is 1.88. The van der Waals surface area contributed by atoms with Crippen LogP contribution in [0.3, 0.4) is 0 Å². The average Bonchev–Trinajstić information content (AvgIpc) is 2.71. The van der Waals surface area contributed by atoms with Crippen LogP contribution in [0.25, 0.3) is 0 Å². The lowest BCUT2D eigenvalue weighted by atomic mass is 10.3. The SMILES string of the molecule is O=Nc1cccnc1OC1CCOC1. The number of nitroso groups, excluding NO2 is 1. The fraction of sp³-hybridized carbons (Fsp3) is 0.444.